The van der Waals surface area contributed by atoms with Crippen LogP contribution in [0.2, 0.25) is 0 Å². The van der Waals surface area contributed by atoms with Crippen LogP contribution in [0, 0.1) is 5.92 Å². The minimum atomic E-state index is -3.59. The highest BCUT2D eigenvalue weighted by molar-refractivity contribution is 7.91. The number of anilines is 1. The Hall–Kier alpha value is -1.75. The van der Waals surface area contributed by atoms with Gasteiger partial charge >= 0.3 is 5.97 Å². The Kier molecular flexibility index (Phi) is 6.29. The number of sulfonamides is 1. The molecule has 0 bridgehead atoms. The molecule has 1 atom stereocenters. The van der Waals surface area contributed by atoms with Gasteiger partial charge in [0.05, 0.1) is 18.6 Å². The van der Waals surface area contributed by atoms with Crippen LogP contribution in [0.4, 0.5) is 5.00 Å². The van der Waals surface area contributed by atoms with Crippen molar-refractivity contribution >= 4 is 49.6 Å². The summed E-state index contributed by atoms with van der Waals surface area (Å²) in [4.78, 5) is 26.5. The molecule has 30 heavy (non-hydrogen) atoms. The number of hydrogen-bond donors (Lipinski definition) is 1. The molecule has 0 unspecified atom stereocenters. The van der Waals surface area contributed by atoms with Gasteiger partial charge in [-0.2, -0.15) is 4.31 Å². The first kappa shape index (κ1) is 21.5. The second-order valence-corrected chi connectivity index (χ2v) is 11.7. The van der Waals surface area contributed by atoms with E-state index in [1.165, 1.54) is 34.1 Å². The molecule has 0 radical (unpaired) electrons. The zero-order valence-corrected chi connectivity index (χ0v) is 19.1. The molecule has 1 N–H and O–H groups in total. The van der Waals surface area contributed by atoms with Gasteiger partial charge in [-0.15, -0.1) is 22.7 Å². The number of hydrogen-bond acceptors (Lipinski definition) is 7. The maximum Gasteiger partial charge on any atom is 0.341 e. The first-order valence-electron chi connectivity index (χ1n) is 9.99. The lowest BCUT2D eigenvalue weighted by Gasteiger charge is -2.30. The number of ether oxygens (including phenoxy) is 1. The van der Waals surface area contributed by atoms with E-state index < -0.39 is 21.9 Å². The lowest BCUT2D eigenvalue weighted by Crippen LogP contribution is -2.43. The molecule has 162 valence electrons. The third-order valence-electron chi connectivity index (χ3n) is 5.64. The lowest BCUT2D eigenvalue weighted by molar-refractivity contribution is -0.120. The van der Waals surface area contributed by atoms with Crippen molar-refractivity contribution in [1.82, 2.24) is 4.31 Å². The molecule has 4 rings (SSSR count). The second kappa shape index (κ2) is 8.78. The number of nitrogens with one attached hydrogen (secondary N) is 1. The smallest absolute Gasteiger partial charge is 0.341 e. The molecule has 1 aliphatic heterocycles. The van der Waals surface area contributed by atoms with Gasteiger partial charge in [0.2, 0.25) is 5.91 Å². The lowest BCUT2D eigenvalue weighted by atomic mass is 9.95. The number of fused-ring (bicyclic) bond motifs is 1. The number of piperidine rings is 1. The fraction of sp³-hybridized carbons (Fsp3) is 0.500. The van der Waals surface area contributed by atoms with Crippen LogP contribution in [-0.2, 0) is 32.4 Å². The summed E-state index contributed by atoms with van der Waals surface area (Å²) in [7, 11) is -2.24. The predicted molar refractivity (Wildman–Crippen MR) is 117 cm³/mol. The van der Waals surface area contributed by atoms with Gasteiger partial charge in [-0.1, -0.05) is 6.07 Å². The van der Waals surface area contributed by atoms with E-state index in [9.17, 15) is 18.0 Å². The van der Waals surface area contributed by atoms with Crippen molar-refractivity contribution in [2.24, 2.45) is 5.92 Å². The fourth-order valence-corrected chi connectivity index (χ4v) is 8.05. The van der Waals surface area contributed by atoms with Crippen molar-refractivity contribution in [2.75, 3.05) is 25.5 Å². The average Bonchev–Trinajstić information content (AvgIpc) is 3.41. The van der Waals surface area contributed by atoms with Crippen molar-refractivity contribution in [3.8, 4) is 0 Å². The summed E-state index contributed by atoms with van der Waals surface area (Å²) in [5.74, 6) is -1.14. The average molecular weight is 469 g/mol. The number of carbonyl (C=O) groups excluding carboxylic acids is 2. The van der Waals surface area contributed by atoms with Gasteiger partial charge in [0.15, 0.2) is 0 Å². The minimum absolute atomic E-state index is 0.144. The van der Waals surface area contributed by atoms with Crippen molar-refractivity contribution in [2.45, 2.75) is 42.7 Å². The zero-order valence-electron chi connectivity index (χ0n) is 16.7. The summed E-state index contributed by atoms with van der Waals surface area (Å²) in [6.45, 7) is 0.551. The number of aryl methyl sites for hydroxylation is 1. The number of methoxy groups -OCH3 is 1. The maximum absolute atomic E-state index is 13.0. The van der Waals surface area contributed by atoms with Crippen LogP contribution in [0.15, 0.2) is 21.7 Å². The summed E-state index contributed by atoms with van der Waals surface area (Å²) >= 11 is 2.62. The van der Waals surface area contributed by atoms with E-state index in [1.54, 1.807) is 17.5 Å². The molecule has 0 aromatic carbocycles. The van der Waals surface area contributed by atoms with Crippen LogP contribution in [0.5, 0.6) is 0 Å². The normalized spacial score (nSPS) is 19.8. The van der Waals surface area contributed by atoms with Gasteiger partial charge in [0, 0.05) is 18.0 Å². The molecule has 0 spiro atoms. The van der Waals surface area contributed by atoms with Crippen molar-refractivity contribution in [3.63, 3.8) is 0 Å². The van der Waals surface area contributed by atoms with E-state index in [0.29, 0.717) is 34.2 Å². The molecule has 1 saturated heterocycles. The summed E-state index contributed by atoms with van der Waals surface area (Å²) < 4.78 is 32.3. The van der Waals surface area contributed by atoms with Crippen LogP contribution in [0.3, 0.4) is 0 Å². The van der Waals surface area contributed by atoms with E-state index in [0.717, 1.165) is 36.1 Å². The number of esters is 1. The molecule has 2 aromatic heterocycles. The number of rotatable bonds is 5. The van der Waals surface area contributed by atoms with Crippen molar-refractivity contribution in [3.05, 3.63) is 33.5 Å². The van der Waals surface area contributed by atoms with Gasteiger partial charge < -0.3 is 10.1 Å². The zero-order chi connectivity index (χ0) is 21.3. The molecular formula is C20H24N2O5S3. The highest BCUT2D eigenvalue weighted by atomic mass is 32.2. The van der Waals surface area contributed by atoms with E-state index in [2.05, 4.69) is 5.32 Å². The number of carbonyl (C=O) groups is 2. The second-order valence-electron chi connectivity index (χ2n) is 7.53. The summed E-state index contributed by atoms with van der Waals surface area (Å²) in [5, 5.41) is 5.17. The van der Waals surface area contributed by atoms with E-state index in [1.807, 2.05) is 0 Å². The Labute approximate surface area is 184 Å². The molecule has 3 heterocycles. The van der Waals surface area contributed by atoms with Crippen LogP contribution in [0.25, 0.3) is 0 Å². The molecule has 1 fully saturated rings. The number of thiophene rings is 2. The molecule has 2 aromatic rings. The van der Waals surface area contributed by atoms with Crippen LogP contribution < -0.4 is 5.32 Å². The minimum Gasteiger partial charge on any atom is -0.465 e. The van der Waals surface area contributed by atoms with E-state index >= 15 is 0 Å². The molecule has 7 nitrogen and oxygen atoms in total. The van der Waals surface area contributed by atoms with E-state index in [4.69, 9.17) is 4.74 Å². The topological polar surface area (TPSA) is 92.8 Å². The van der Waals surface area contributed by atoms with E-state index in [-0.39, 0.29) is 12.5 Å². The molecule has 1 amide bonds. The summed E-state index contributed by atoms with van der Waals surface area (Å²) in [6, 6.07) is 3.29. The number of amides is 1. The largest absolute Gasteiger partial charge is 0.465 e. The molecule has 1 aliphatic carbocycles. The Morgan fingerprint density at radius 2 is 2.03 bits per heavy atom. The Bertz CT molecular complexity index is 1040. The standard InChI is InChI=1S/C20H24N2O5S3/c1-27-20(24)17-14-7-2-3-8-15(14)29-19(17)21-18(23)13-6-4-10-22(12-13)30(25,26)16-9-5-11-28-16/h5,9,11,13H,2-4,6-8,10,12H2,1H3,(H,21,23)/t13-/m1/s1. The molecule has 10 heteroatoms. The first-order chi connectivity index (χ1) is 14.4. The summed E-state index contributed by atoms with van der Waals surface area (Å²) in [6.07, 6.45) is 5.02. The van der Waals surface area contributed by atoms with Gasteiger partial charge in [-0.05, 0) is 55.5 Å². The molecule has 0 saturated carbocycles. The fourth-order valence-electron chi connectivity index (χ4n) is 4.10. The highest BCUT2D eigenvalue weighted by Crippen LogP contribution is 2.39. The molecular weight excluding hydrogens is 444 g/mol. The van der Waals surface area contributed by atoms with Crippen LogP contribution >= 0.6 is 22.7 Å². The number of nitrogens with zero attached hydrogens (tertiary/aromatic N) is 1. The highest BCUT2D eigenvalue weighted by Gasteiger charge is 2.35. The predicted octanol–water partition coefficient (Wildman–Crippen LogP) is 3.51. The van der Waals surface area contributed by atoms with Crippen molar-refractivity contribution in [1.29, 1.82) is 0 Å². The summed E-state index contributed by atoms with van der Waals surface area (Å²) in [5.41, 5.74) is 1.45. The first-order valence-corrected chi connectivity index (χ1v) is 13.1. The van der Waals surface area contributed by atoms with Gasteiger partial charge in [-0.3, -0.25) is 4.79 Å². The monoisotopic (exact) mass is 468 g/mol. The van der Waals surface area contributed by atoms with Crippen LogP contribution in [0.1, 0.15) is 46.5 Å². The van der Waals surface area contributed by atoms with Gasteiger partial charge in [0.1, 0.15) is 9.21 Å². The van der Waals surface area contributed by atoms with Gasteiger partial charge in [0.25, 0.3) is 10.0 Å². The SMILES string of the molecule is COC(=O)c1c(NC(=O)[C@@H]2CCCN(S(=O)(=O)c3cccs3)C2)sc2c1CCCC2. The Balaban J connectivity index is 1.53. The Morgan fingerprint density at radius 1 is 1.23 bits per heavy atom. The van der Waals surface area contributed by atoms with Crippen LogP contribution in [-0.4, -0.2) is 44.8 Å². The Morgan fingerprint density at radius 3 is 2.77 bits per heavy atom. The molecule has 2 aliphatic rings. The van der Waals surface area contributed by atoms with Gasteiger partial charge in [-0.25, -0.2) is 13.2 Å². The quantitative estimate of drug-likeness (QED) is 0.678. The van der Waals surface area contributed by atoms with Crippen molar-refractivity contribution < 1.29 is 22.7 Å². The third-order valence-corrected chi connectivity index (χ3v) is 10.1. The third kappa shape index (κ3) is 4.05. The maximum atomic E-state index is 13.0.